The van der Waals surface area contributed by atoms with Gasteiger partial charge in [0, 0.05) is 19.5 Å². The van der Waals surface area contributed by atoms with Gasteiger partial charge in [0.1, 0.15) is 5.82 Å². The fourth-order valence-electron chi connectivity index (χ4n) is 2.36. The number of halogens is 1. The number of hydrogen-bond acceptors (Lipinski definition) is 3. The van der Waals surface area contributed by atoms with E-state index in [1.54, 1.807) is 11.0 Å². The molecule has 0 aliphatic carbocycles. The summed E-state index contributed by atoms with van der Waals surface area (Å²) in [6.45, 7) is 1.09. The number of methoxy groups -OCH3 is 1. The number of amides is 1. The first-order chi connectivity index (χ1) is 9.61. The Morgan fingerprint density at radius 2 is 2.15 bits per heavy atom. The summed E-state index contributed by atoms with van der Waals surface area (Å²) in [5.74, 6) is -1.20. The van der Waals surface area contributed by atoms with E-state index in [2.05, 4.69) is 4.74 Å². The van der Waals surface area contributed by atoms with Gasteiger partial charge in [0.2, 0.25) is 5.91 Å². The second-order valence-corrected chi connectivity index (χ2v) is 4.93. The summed E-state index contributed by atoms with van der Waals surface area (Å²) in [5.41, 5.74) is 0.601. The van der Waals surface area contributed by atoms with Gasteiger partial charge in [-0.3, -0.25) is 4.79 Å². The van der Waals surface area contributed by atoms with Crippen LogP contribution in [0.1, 0.15) is 41.6 Å². The highest BCUT2D eigenvalue weighted by Crippen LogP contribution is 2.17. The molecule has 0 aromatic heterocycles. The molecule has 4 nitrogen and oxygen atoms in total. The molecule has 1 aromatic carbocycles. The van der Waals surface area contributed by atoms with Crippen molar-refractivity contribution >= 4 is 11.9 Å². The molecule has 0 radical (unpaired) electrons. The summed E-state index contributed by atoms with van der Waals surface area (Å²) in [4.78, 5) is 24.9. The minimum Gasteiger partial charge on any atom is -0.465 e. The Kier molecular flexibility index (Phi) is 4.71. The normalized spacial score (nSPS) is 15.9. The molecule has 2 rings (SSSR count). The third kappa shape index (κ3) is 3.35. The molecule has 1 aliphatic rings. The van der Waals surface area contributed by atoms with Crippen LogP contribution in [0.3, 0.4) is 0 Å². The molecule has 1 saturated heterocycles. The van der Waals surface area contributed by atoms with Crippen molar-refractivity contribution in [2.45, 2.75) is 32.2 Å². The lowest BCUT2D eigenvalue weighted by Crippen LogP contribution is -2.29. The maximum absolute atomic E-state index is 13.8. The number of likely N-dealkylation sites (tertiary alicyclic amines) is 1. The largest absolute Gasteiger partial charge is 0.465 e. The fraction of sp³-hybridized carbons (Fsp3) is 0.467. The topological polar surface area (TPSA) is 46.6 Å². The number of carbonyl (C=O) groups excluding carboxylic acids is 2. The van der Waals surface area contributed by atoms with Crippen molar-refractivity contribution in [2.75, 3.05) is 13.7 Å². The zero-order chi connectivity index (χ0) is 14.5. The van der Waals surface area contributed by atoms with Crippen LogP contribution in [0.4, 0.5) is 4.39 Å². The lowest BCUT2D eigenvalue weighted by atomic mass is 10.1. The molecule has 0 bridgehead atoms. The number of hydrogen-bond donors (Lipinski definition) is 0. The molecule has 0 spiro atoms. The molecule has 1 fully saturated rings. The van der Waals surface area contributed by atoms with E-state index in [4.69, 9.17) is 0 Å². The van der Waals surface area contributed by atoms with E-state index >= 15 is 0 Å². The van der Waals surface area contributed by atoms with E-state index in [-0.39, 0.29) is 11.5 Å². The molecule has 1 amide bonds. The van der Waals surface area contributed by atoms with Gasteiger partial charge in [-0.25, -0.2) is 9.18 Å². The summed E-state index contributed by atoms with van der Waals surface area (Å²) in [5, 5.41) is 0. The molecular weight excluding hydrogens is 261 g/mol. The molecule has 0 atom stereocenters. The van der Waals surface area contributed by atoms with E-state index in [0.29, 0.717) is 25.1 Å². The van der Waals surface area contributed by atoms with Gasteiger partial charge in [-0.05, 0) is 30.5 Å². The van der Waals surface area contributed by atoms with Crippen molar-refractivity contribution in [3.63, 3.8) is 0 Å². The minimum absolute atomic E-state index is 0.0848. The summed E-state index contributed by atoms with van der Waals surface area (Å²) in [6, 6.07) is 4.36. The van der Waals surface area contributed by atoms with E-state index < -0.39 is 11.8 Å². The predicted octanol–water partition coefficient (Wildman–Crippen LogP) is 2.51. The van der Waals surface area contributed by atoms with Crippen LogP contribution in [0.25, 0.3) is 0 Å². The molecule has 0 saturated carbocycles. The Balaban J connectivity index is 2.11. The average Bonchev–Trinajstić information content (AvgIpc) is 2.64. The van der Waals surface area contributed by atoms with Crippen molar-refractivity contribution in [2.24, 2.45) is 0 Å². The van der Waals surface area contributed by atoms with Crippen LogP contribution in [0.2, 0.25) is 0 Å². The van der Waals surface area contributed by atoms with Gasteiger partial charge in [0.15, 0.2) is 0 Å². The lowest BCUT2D eigenvalue weighted by Gasteiger charge is -2.20. The molecule has 5 heteroatoms. The number of esters is 1. The molecule has 1 heterocycles. The highest BCUT2D eigenvalue weighted by molar-refractivity contribution is 5.89. The Bertz CT molecular complexity index is 516. The van der Waals surface area contributed by atoms with E-state index in [0.717, 1.165) is 19.3 Å². The van der Waals surface area contributed by atoms with Crippen molar-refractivity contribution in [1.82, 2.24) is 4.90 Å². The Hall–Kier alpha value is -1.91. The van der Waals surface area contributed by atoms with Crippen molar-refractivity contribution in [1.29, 1.82) is 0 Å². The summed E-state index contributed by atoms with van der Waals surface area (Å²) in [6.07, 6.45) is 3.51. The van der Waals surface area contributed by atoms with Crippen LogP contribution < -0.4 is 0 Å². The van der Waals surface area contributed by atoms with Crippen LogP contribution in [-0.2, 0) is 16.1 Å². The third-order valence-corrected chi connectivity index (χ3v) is 3.48. The molecule has 1 aromatic rings. The van der Waals surface area contributed by atoms with Crippen molar-refractivity contribution in [3.8, 4) is 0 Å². The molecule has 20 heavy (non-hydrogen) atoms. The van der Waals surface area contributed by atoms with Gasteiger partial charge in [-0.15, -0.1) is 0 Å². The Morgan fingerprint density at radius 1 is 1.35 bits per heavy atom. The first-order valence-corrected chi connectivity index (χ1v) is 6.76. The highest BCUT2D eigenvalue weighted by Gasteiger charge is 2.18. The highest BCUT2D eigenvalue weighted by atomic mass is 19.1. The SMILES string of the molecule is COC(=O)c1ccc(CN2CCCCCC2=O)cc1F. The molecule has 108 valence electrons. The van der Waals surface area contributed by atoms with Crippen LogP contribution in [0.15, 0.2) is 18.2 Å². The van der Waals surface area contributed by atoms with Gasteiger partial charge >= 0.3 is 5.97 Å². The maximum Gasteiger partial charge on any atom is 0.340 e. The zero-order valence-electron chi connectivity index (χ0n) is 11.5. The van der Waals surface area contributed by atoms with Gasteiger partial charge in [0.05, 0.1) is 12.7 Å². The molecule has 0 N–H and O–H groups in total. The van der Waals surface area contributed by atoms with Crippen LogP contribution in [0.5, 0.6) is 0 Å². The number of benzene rings is 1. The van der Waals surface area contributed by atoms with Crippen LogP contribution in [-0.4, -0.2) is 30.4 Å². The van der Waals surface area contributed by atoms with Crippen molar-refractivity contribution < 1.29 is 18.7 Å². The van der Waals surface area contributed by atoms with E-state index in [9.17, 15) is 14.0 Å². The fourth-order valence-corrected chi connectivity index (χ4v) is 2.36. The minimum atomic E-state index is -0.695. The van der Waals surface area contributed by atoms with Gasteiger partial charge in [0.25, 0.3) is 0 Å². The number of ether oxygens (including phenoxy) is 1. The summed E-state index contributed by atoms with van der Waals surface area (Å²) < 4.78 is 18.3. The monoisotopic (exact) mass is 279 g/mol. The number of carbonyl (C=O) groups is 2. The lowest BCUT2D eigenvalue weighted by molar-refractivity contribution is -0.131. The molecule has 1 aliphatic heterocycles. The molecule has 0 unspecified atom stereocenters. The maximum atomic E-state index is 13.8. The zero-order valence-corrected chi connectivity index (χ0v) is 11.5. The van der Waals surface area contributed by atoms with E-state index in [1.165, 1.54) is 19.2 Å². The Labute approximate surface area is 117 Å². The van der Waals surface area contributed by atoms with Crippen LogP contribution in [0, 0.1) is 5.82 Å². The summed E-state index contributed by atoms with van der Waals surface area (Å²) in [7, 11) is 1.21. The second-order valence-electron chi connectivity index (χ2n) is 4.93. The van der Waals surface area contributed by atoms with Gasteiger partial charge in [-0.1, -0.05) is 12.5 Å². The van der Waals surface area contributed by atoms with Crippen molar-refractivity contribution in [3.05, 3.63) is 35.1 Å². The first-order valence-electron chi connectivity index (χ1n) is 6.76. The van der Waals surface area contributed by atoms with E-state index in [1.807, 2.05) is 0 Å². The summed E-state index contributed by atoms with van der Waals surface area (Å²) >= 11 is 0. The number of nitrogens with zero attached hydrogens (tertiary/aromatic N) is 1. The first kappa shape index (κ1) is 14.5. The second kappa shape index (κ2) is 6.50. The number of rotatable bonds is 3. The van der Waals surface area contributed by atoms with Crippen LogP contribution >= 0.6 is 0 Å². The average molecular weight is 279 g/mol. The van der Waals surface area contributed by atoms with Gasteiger partial charge < -0.3 is 9.64 Å². The molecular formula is C15H18FNO3. The predicted molar refractivity (Wildman–Crippen MR) is 71.6 cm³/mol. The van der Waals surface area contributed by atoms with Gasteiger partial charge in [-0.2, -0.15) is 0 Å². The standard InChI is InChI=1S/C15H18FNO3/c1-20-15(19)12-7-6-11(9-13(12)16)10-17-8-4-2-3-5-14(17)18/h6-7,9H,2-5,8,10H2,1H3. The quantitative estimate of drug-likeness (QED) is 0.799. The third-order valence-electron chi connectivity index (χ3n) is 3.48. The smallest absolute Gasteiger partial charge is 0.340 e. The Morgan fingerprint density at radius 3 is 2.85 bits per heavy atom.